The third kappa shape index (κ3) is 1.95. The van der Waals surface area contributed by atoms with Crippen LogP contribution in [0.3, 0.4) is 0 Å². The second-order valence-electron chi connectivity index (χ2n) is 2.75. The van der Waals surface area contributed by atoms with Crippen LogP contribution in [-0.4, -0.2) is 13.1 Å². The van der Waals surface area contributed by atoms with Gasteiger partial charge in [-0.3, -0.25) is 0 Å². The molecule has 0 aliphatic heterocycles. The summed E-state index contributed by atoms with van der Waals surface area (Å²) in [6.07, 6.45) is 0. The number of halogens is 4. The second kappa shape index (κ2) is 4.38. The van der Waals surface area contributed by atoms with Crippen LogP contribution < -0.4 is 0 Å². The van der Waals surface area contributed by atoms with Gasteiger partial charge >= 0.3 is 5.97 Å². The summed E-state index contributed by atoms with van der Waals surface area (Å²) in [5.74, 6) is -4.80. The van der Waals surface area contributed by atoms with Gasteiger partial charge in [-0.15, -0.1) is 0 Å². The molecule has 0 aliphatic carbocycles. The molecule has 15 heavy (non-hydrogen) atoms. The summed E-state index contributed by atoms with van der Waals surface area (Å²) in [6, 6.07) is 0. The molecule has 0 spiro atoms. The van der Waals surface area contributed by atoms with Crippen LogP contribution in [0.25, 0.3) is 0 Å². The van der Waals surface area contributed by atoms with E-state index in [1.165, 1.54) is 22.6 Å². The van der Waals surface area contributed by atoms with Crippen LogP contribution in [0, 0.1) is 27.9 Å². The minimum Gasteiger partial charge on any atom is -0.465 e. The molecule has 0 saturated heterocycles. The van der Waals surface area contributed by atoms with E-state index in [0.29, 0.717) is 0 Å². The lowest BCUT2D eigenvalue weighted by Crippen LogP contribution is -2.12. The molecule has 1 aromatic carbocycles. The highest BCUT2D eigenvalue weighted by Crippen LogP contribution is 2.26. The van der Waals surface area contributed by atoms with Gasteiger partial charge in [0.2, 0.25) is 0 Å². The molecule has 0 radical (unpaired) electrons. The Morgan fingerprint density at radius 2 is 1.73 bits per heavy atom. The average molecular weight is 330 g/mol. The van der Waals surface area contributed by atoms with Crippen molar-refractivity contribution in [1.82, 2.24) is 0 Å². The molecule has 0 aromatic heterocycles. The monoisotopic (exact) mass is 330 g/mol. The van der Waals surface area contributed by atoms with E-state index in [4.69, 9.17) is 0 Å². The minimum atomic E-state index is -1.38. The predicted octanol–water partition coefficient (Wildman–Crippen LogP) is 2.80. The van der Waals surface area contributed by atoms with Crippen molar-refractivity contribution in [3.63, 3.8) is 0 Å². The normalized spacial score (nSPS) is 10.3. The Morgan fingerprint density at radius 3 is 2.20 bits per heavy atom. The summed E-state index contributed by atoms with van der Waals surface area (Å²) in [4.78, 5) is 11.1. The fraction of sp³-hybridized carbons (Fsp3) is 0.222. The maximum Gasteiger partial charge on any atom is 0.342 e. The highest BCUT2D eigenvalue weighted by atomic mass is 127. The lowest BCUT2D eigenvalue weighted by molar-refractivity contribution is 0.0592. The molecule has 0 N–H and O–H groups in total. The van der Waals surface area contributed by atoms with Crippen molar-refractivity contribution < 1.29 is 22.7 Å². The van der Waals surface area contributed by atoms with Crippen molar-refractivity contribution in [2.24, 2.45) is 0 Å². The van der Waals surface area contributed by atoms with Gasteiger partial charge < -0.3 is 4.74 Å². The number of methoxy groups -OCH3 is 1. The van der Waals surface area contributed by atoms with Crippen molar-refractivity contribution in [3.05, 3.63) is 32.1 Å². The lowest BCUT2D eigenvalue weighted by atomic mass is 10.1. The molecular formula is C9H6F3IO2. The molecule has 0 aliphatic rings. The van der Waals surface area contributed by atoms with Gasteiger partial charge in [0.15, 0.2) is 11.6 Å². The standard InChI is InChI=1S/C9H6F3IO2/c1-3-5(10)7(12)4(9(14)15-2)8(13)6(3)11/h1-2H3. The minimum absolute atomic E-state index is 0.282. The van der Waals surface area contributed by atoms with Crippen LogP contribution in [0.15, 0.2) is 0 Å². The van der Waals surface area contributed by atoms with Crippen LogP contribution in [0.2, 0.25) is 0 Å². The van der Waals surface area contributed by atoms with Gasteiger partial charge in [-0.1, -0.05) is 0 Å². The van der Waals surface area contributed by atoms with E-state index in [1.54, 1.807) is 0 Å². The van der Waals surface area contributed by atoms with Crippen molar-refractivity contribution in [3.8, 4) is 0 Å². The van der Waals surface area contributed by atoms with E-state index in [9.17, 15) is 18.0 Å². The Bertz CT molecular complexity index is 403. The summed E-state index contributed by atoms with van der Waals surface area (Å²) in [6.45, 7) is 1.09. The molecule has 0 heterocycles. The first kappa shape index (κ1) is 12.3. The van der Waals surface area contributed by atoms with Crippen molar-refractivity contribution in [2.75, 3.05) is 7.11 Å². The lowest BCUT2D eigenvalue weighted by Gasteiger charge is -2.08. The van der Waals surface area contributed by atoms with Crippen LogP contribution in [0.5, 0.6) is 0 Å². The number of esters is 1. The molecule has 1 aromatic rings. The average Bonchev–Trinajstić information content (AvgIpc) is 2.23. The number of rotatable bonds is 1. The predicted molar refractivity (Wildman–Crippen MR) is 55.1 cm³/mol. The maximum absolute atomic E-state index is 13.3. The summed E-state index contributed by atoms with van der Waals surface area (Å²) in [5.41, 5.74) is -1.16. The molecule has 0 fully saturated rings. The van der Waals surface area contributed by atoms with Gasteiger partial charge in [0.1, 0.15) is 11.4 Å². The smallest absolute Gasteiger partial charge is 0.342 e. The van der Waals surface area contributed by atoms with E-state index in [2.05, 4.69) is 4.74 Å². The first-order chi connectivity index (χ1) is 6.91. The van der Waals surface area contributed by atoms with Gasteiger partial charge in [-0.25, -0.2) is 18.0 Å². The zero-order chi connectivity index (χ0) is 11.7. The zero-order valence-electron chi connectivity index (χ0n) is 7.83. The number of ether oxygens (including phenoxy) is 1. The molecule has 0 amide bonds. The van der Waals surface area contributed by atoms with E-state index in [0.717, 1.165) is 14.0 Å². The summed E-state index contributed by atoms with van der Waals surface area (Å²) in [5, 5.41) is 0. The largest absolute Gasteiger partial charge is 0.465 e. The number of benzene rings is 1. The van der Waals surface area contributed by atoms with Gasteiger partial charge in [0.05, 0.1) is 10.7 Å². The van der Waals surface area contributed by atoms with Crippen molar-refractivity contribution in [2.45, 2.75) is 6.92 Å². The first-order valence-electron chi connectivity index (χ1n) is 3.82. The van der Waals surface area contributed by atoms with Crippen LogP contribution in [0.1, 0.15) is 15.9 Å². The fourth-order valence-corrected chi connectivity index (χ4v) is 1.88. The van der Waals surface area contributed by atoms with E-state index < -0.39 is 34.5 Å². The number of hydrogen-bond acceptors (Lipinski definition) is 2. The second-order valence-corrected chi connectivity index (χ2v) is 3.83. The summed E-state index contributed by atoms with van der Waals surface area (Å²) < 4.78 is 43.7. The number of carbonyl (C=O) groups excluding carboxylic acids is 1. The molecule has 82 valence electrons. The van der Waals surface area contributed by atoms with Crippen LogP contribution in [0.4, 0.5) is 13.2 Å². The third-order valence-electron chi connectivity index (χ3n) is 1.87. The molecule has 0 unspecified atom stereocenters. The van der Waals surface area contributed by atoms with Crippen LogP contribution in [-0.2, 0) is 4.74 Å². The van der Waals surface area contributed by atoms with E-state index >= 15 is 0 Å². The number of hydrogen-bond donors (Lipinski definition) is 0. The summed E-state index contributed by atoms with van der Waals surface area (Å²) >= 11 is 1.43. The Hall–Kier alpha value is -0.790. The quantitative estimate of drug-likeness (QED) is 0.450. The third-order valence-corrected chi connectivity index (χ3v) is 2.89. The molecule has 6 heteroatoms. The van der Waals surface area contributed by atoms with Gasteiger partial charge in [-0.2, -0.15) is 0 Å². The zero-order valence-corrected chi connectivity index (χ0v) is 9.99. The molecule has 0 saturated carbocycles. The van der Waals surface area contributed by atoms with Crippen molar-refractivity contribution in [1.29, 1.82) is 0 Å². The molecule has 0 atom stereocenters. The Balaban J connectivity index is 3.60. The van der Waals surface area contributed by atoms with Gasteiger partial charge in [0, 0.05) is 5.56 Å². The Kier molecular flexibility index (Phi) is 3.58. The Morgan fingerprint density at radius 1 is 1.20 bits per heavy atom. The van der Waals surface area contributed by atoms with E-state index in [1.807, 2.05) is 0 Å². The van der Waals surface area contributed by atoms with E-state index in [-0.39, 0.29) is 3.57 Å². The fourth-order valence-electron chi connectivity index (χ4n) is 1.02. The van der Waals surface area contributed by atoms with Crippen molar-refractivity contribution >= 4 is 28.6 Å². The van der Waals surface area contributed by atoms with Crippen LogP contribution >= 0.6 is 22.6 Å². The SMILES string of the molecule is COC(=O)c1c(F)c(F)c(C)c(F)c1I. The topological polar surface area (TPSA) is 26.3 Å². The highest BCUT2D eigenvalue weighted by Gasteiger charge is 2.26. The highest BCUT2D eigenvalue weighted by molar-refractivity contribution is 14.1. The van der Waals surface area contributed by atoms with Gasteiger partial charge in [-0.05, 0) is 29.5 Å². The maximum atomic E-state index is 13.3. The molecule has 2 nitrogen and oxygen atoms in total. The molecular weight excluding hydrogens is 324 g/mol. The number of carbonyl (C=O) groups is 1. The summed E-state index contributed by atoms with van der Waals surface area (Å²) in [7, 11) is 1.01. The first-order valence-corrected chi connectivity index (χ1v) is 4.90. The Labute approximate surface area is 97.6 Å². The van der Waals surface area contributed by atoms with Gasteiger partial charge in [0.25, 0.3) is 0 Å². The molecule has 1 rings (SSSR count). The molecule has 0 bridgehead atoms.